The van der Waals surface area contributed by atoms with Gasteiger partial charge in [0.1, 0.15) is 5.15 Å². The number of anilines is 1. The normalized spacial score (nSPS) is 12.5. The third-order valence-corrected chi connectivity index (χ3v) is 3.71. The first kappa shape index (κ1) is 12.7. The summed E-state index contributed by atoms with van der Waals surface area (Å²) in [4.78, 5) is 4.04. The zero-order valence-corrected chi connectivity index (χ0v) is 11.8. The Kier molecular flexibility index (Phi) is 3.92. The van der Waals surface area contributed by atoms with E-state index in [1.165, 1.54) is 5.56 Å². The van der Waals surface area contributed by atoms with E-state index in [1.54, 1.807) is 17.4 Å². The molecule has 0 radical (unpaired) electrons. The van der Waals surface area contributed by atoms with Gasteiger partial charge >= 0.3 is 0 Å². The Morgan fingerprint density at radius 3 is 2.76 bits per heavy atom. The molecule has 0 saturated carbocycles. The maximum Gasteiger partial charge on any atom is 0.154 e. The van der Waals surface area contributed by atoms with Gasteiger partial charge in [-0.25, -0.2) is 4.98 Å². The first-order chi connectivity index (χ1) is 8.08. The zero-order chi connectivity index (χ0) is 12.4. The Morgan fingerprint density at radius 1 is 1.41 bits per heavy atom. The second-order valence-corrected chi connectivity index (χ2v) is 5.38. The van der Waals surface area contributed by atoms with E-state index in [1.807, 2.05) is 6.92 Å². The molecule has 90 valence electrons. The molecule has 0 saturated heterocycles. The molecule has 0 spiro atoms. The molecule has 2 nitrogen and oxygen atoms in total. The fourth-order valence-electron chi connectivity index (χ4n) is 1.59. The third kappa shape index (κ3) is 2.92. The number of aryl methyl sites for hydroxylation is 1. The summed E-state index contributed by atoms with van der Waals surface area (Å²) in [6.45, 7) is 4.05. The monoisotopic (exact) mass is 286 g/mol. The van der Waals surface area contributed by atoms with Crippen LogP contribution in [0.5, 0.6) is 0 Å². The summed E-state index contributed by atoms with van der Waals surface area (Å²) in [5.41, 5.74) is 3.08. The van der Waals surface area contributed by atoms with Crippen LogP contribution >= 0.6 is 34.5 Å². The molecule has 0 aromatic carbocycles. The van der Waals surface area contributed by atoms with Gasteiger partial charge < -0.3 is 5.32 Å². The van der Waals surface area contributed by atoms with Crippen LogP contribution in [-0.2, 0) is 0 Å². The molecule has 0 fully saturated rings. The quantitative estimate of drug-likeness (QED) is 0.809. The van der Waals surface area contributed by atoms with Crippen LogP contribution < -0.4 is 5.32 Å². The smallest absolute Gasteiger partial charge is 0.154 e. The van der Waals surface area contributed by atoms with Gasteiger partial charge in [-0.05, 0) is 47.9 Å². The highest BCUT2D eigenvalue weighted by Gasteiger charge is 2.12. The fourth-order valence-corrected chi connectivity index (χ4v) is 2.93. The maximum atomic E-state index is 6.08. The number of aromatic nitrogens is 1. The number of nitrogens with one attached hydrogen (secondary N) is 1. The van der Waals surface area contributed by atoms with Crippen molar-refractivity contribution in [2.24, 2.45) is 0 Å². The lowest BCUT2D eigenvalue weighted by Crippen LogP contribution is -2.08. The van der Waals surface area contributed by atoms with Gasteiger partial charge in [-0.3, -0.25) is 0 Å². The van der Waals surface area contributed by atoms with Crippen LogP contribution in [0.25, 0.3) is 0 Å². The average Bonchev–Trinajstić information content (AvgIpc) is 2.76. The van der Waals surface area contributed by atoms with Crippen molar-refractivity contribution >= 4 is 40.2 Å². The van der Waals surface area contributed by atoms with E-state index < -0.39 is 0 Å². The molecule has 2 aromatic rings. The number of hydrogen-bond donors (Lipinski definition) is 1. The van der Waals surface area contributed by atoms with Crippen molar-refractivity contribution in [1.29, 1.82) is 0 Å². The molecule has 2 rings (SSSR count). The van der Waals surface area contributed by atoms with Crippen molar-refractivity contribution in [3.05, 3.63) is 44.3 Å². The second kappa shape index (κ2) is 5.25. The first-order valence-corrected chi connectivity index (χ1v) is 6.89. The Morgan fingerprint density at radius 2 is 2.18 bits per heavy atom. The largest absolute Gasteiger partial charge is 0.376 e. The molecule has 0 bridgehead atoms. The number of thiophene rings is 1. The van der Waals surface area contributed by atoms with E-state index in [9.17, 15) is 0 Å². The van der Waals surface area contributed by atoms with Crippen LogP contribution in [0, 0.1) is 6.92 Å². The lowest BCUT2D eigenvalue weighted by atomic mass is 10.1. The van der Waals surface area contributed by atoms with Gasteiger partial charge in [0.15, 0.2) is 5.15 Å². The molecular weight excluding hydrogens is 275 g/mol. The number of halogens is 2. The Labute approximate surface area is 115 Å². The van der Waals surface area contributed by atoms with Crippen molar-refractivity contribution in [2.45, 2.75) is 19.9 Å². The molecule has 2 aromatic heterocycles. The minimum absolute atomic E-state index is 0.195. The standard InChI is InChI=1S/C12H12Cl2N2S/c1-7-5-10(13)16-12(14)11(7)15-8(2)9-3-4-17-6-9/h3-6,8,15H,1-2H3. The molecule has 0 aliphatic carbocycles. The van der Waals surface area contributed by atoms with E-state index in [0.717, 1.165) is 11.3 Å². The molecule has 0 aliphatic rings. The molecule has 2 heterocycles. The van der Waals surface area contributed by atoms with Crippen molar-refractivity contribution in [1.82, 2.24) is 4.98 Å². The van der Waals surface area contributed by atoms with E-state index >= 15 is 0 Å². The summed E-state index contributed by atoms with van der Waals surface area (Å²) in [7, 11) is 0. The summed E-state index contributed by atoms with van der Waals surface area (Å²) in [6, 6.07) is 4.09. The lowest BCUT2D eigenvalue weighted by Gasteiger charge is -2.17. The zero-order valence-electron chi connectivity index (χ0n) is 9.50. The second-order valence-electron chi connectivity index (χ2n) is 3.85. The van der Waals surface area contributed by atoms with Gasteiger partial charge in [-0.15, -0.1) is 0 Å². The summed E-state index contributed by atoms with van der Waals surface area (Å²) >= 11 is 13.6. The maximum absolute atomic E-state index is 6.08. The summed E-state index contributed by atoms with van der Waals surface area (Å²) in [5.74, 6) is 0. The topological polar surface area (TPSA) is 24.9 Å². The highest BCUT2D eigenvalue weighted by atomic mass is 35.5. The van der Waals surface area contributed by atoms with Gasteiger partial charge in [0.05, 0.1) is 5.69 Å². The fraction of sp³-hybridized carbons (Fsp3) is 0.250. The summed E-state index contributed by atoms with van der Waals surface area (Å²) in [5, 5.41) is 8.37. The van der Waals surface area contributed by atoms with E-state index in [2.05, 4.69) is 34.1 Å². The minimum atomic E-state index is 0.195. The molecular formula is C12H12Cl2N2S. The molecule has 17 heavy (non-hydrogen) atoms. The minimum Gasteiger partial charge on any atom is -0.376 e. The predicted octanol–water partition coefficient (Wildman–Crippen LogP) is 4.93. The highest BCUT2D eigenvalue weighted by molar-refractivity contribution is 7.08. The number of nitrogens with zero attached hydrogens (tertiary/aromatic N) is 1. The Hall–Kier alpha value is -0.770. The van der Waals surface area contributed by atoms with Crippen molar-refractivity contribution < 1.29 is 0 Å². The van der Waals surface area contributed by atoms with Crippen LogP contribution in [0.1, 0.15) is 24.1 Å². The average molecular weight is 287 g/mol. The van der Waals surface area contributed by atoms with Gasteiger partial charge in [0.25, 0.3) is 0 Å². The molecule has 0 amide bonds. The van der Waals surface area contributed by atoms with Crippen LogP contribution in [0.3, 0.4) is 0 Å². The van der Waals surface area contributed by atoms with Crippen LogP contribution in [-0.4, -0.2) is 4.98 Å². The van der Waals surface area contributed by atoms with Gasteiger partial charge in [-0.2, -0.15) is 11.3 Å². The number of hydrogen-bond acceptors (Lipinski definition) is 3. The summed E-state index contributed by atoms with van der Waals surface area (Å²) < 4.78 is 0. The van der Waals surface area contributed by atoms with E-state index in [-0.39, 0.29) is 6.04 Å². The first-order valence-electron chi connectivity index (χ1n) is 5.19. The number of rotatable bonds is 3. The Balaban J connectivity index is 2.25. The van der Waals surface area contributed by atoms with Gasteiger partial charge in [0.2, 0.25) is 0 Å². The van der Waals surface area contributed by atoms with E-state index in [0.29, 0.717) is 10.3 Å². The molecule has 0 aliphatic heterocycles. The summed E-state index contributed by atoms with van der Waals surface area (Å²) in [6.07, 6.45) is 0. The van der Waals surface area contributed by atoms with Crippen molar-refractivity contribution in [2.75, 3.05) is 5.32 Å². The lowest BCUT2D eigenvalue weighted by molar-refractivity contribution is 0.886. The van der Waals surface area contributed by atoms with Crippen molar-refractivity contribution in [3.63, 3.8) is 0 Å². The third-order valence-electron chi connectivity index (χ3n) is 2.55. The van der Waals surface area contributed by atoms with Gasteiger partial charge in [0, 0.05) is 6.04 Å². The number of pyridine rings is 1. The molecule has 5 heteroatoms. The highest BCUT2D eigenvalue weighted by Crippen LogP contribution is 2.30. The van der Waals surface area contributed by atoms with Gasteiger partial charge in [-0.1, -0.05) is 23.2 Å². The molecule has 1 unspecified atom stereocenters. The molecule has 1 atom stereocenters. The van der Waals surface area contributed by atoms with Crippen LogP contribution in [0.4, 0.5) is 5.69 Å². The SMILES string of the molecule is Cc1cc(Cl)nc(Cl)c1NC(C)c1ccsc1. The predicted molar refractivity (Wildman–Crippen MR) is 75.4 cm³/mol. The van der Waals surface area contributed by atoms with Crippen LogP contribution in [0.15, 0.2) is 22.9 Å². The van der Waals surface area contributed by atoms with Crippen molar-refractivity contribution in [3.8, 4) is 0 Å². The van der Waals surface area contributed by atoms with E-state index in [4.69, 9.17) is 23.2 Å². The Bertz CT molecular complexity index is 488. The molecule has 1 N–H and O–H groups in total. The van der Waals surface area contributed by atoms with Crippen LogP contribution in [0.2, 0.25) is 10.3 Å².